The molecular weight excluding hydrogens is 496 g/mol. The van der Waals surface area contributed by atoms with E-state index in [1.165, 1.54) is 0 Å². The normalized spacial score (nSPS) is 11.4. The smallest absolute Gasteiger partial charge is 0.168 e. The molecular formula is C30H28F4N2O2. The Morgan fingerprint density at radius 3 is 1.24 bits per heavy atom. The van der Waals surface area contributed by atoms with Crippen molar-refractivity contribution in [1.29, 1.82) is 0 Å². The lowest BCUT2D eigenvalue weighted by molar-refractivity contribution is 0.180. The van der Waals surface area contributed by atoms with Gasteiger partial charge in [0.15, 0.2) is 23.1 Å². The summed E-state index contributed by atoms with van der Waals surface area (Å²) in [5.41, 5.74) is 2.14. The predicted molar refractivity (Wildman–Crippen MR) is 137 cm³/mol. The fourth-order valence-electron chi connectivity index (χ4n) is 4.36. The molecule has 0 aliphatic heterocycles. The van der Waals surface area contributed by atoms with Gasteiger partial charge in [-0.25, -0.2) is 17.6 Å². The lowest BCUT2D eigenvalue weighted by atomic mass is 10.1. The molecule has 0 unspecified atom stereocenters. The molecule has 4 aromatic carbocycles. The van der Waals surface area contributed by atoms with Crippen LogP contribution in [0.3, 0.4) is 0 Å². The summed E-state index contributed by atoms with van der Waals surface area (Å²) in [6, 6.07) is 22.5. The van der Waals surface area contributed by atoms with Gasteiger partial charge in [-0.15, -0.1) is 0 Å². The van der Waals surface area contributed by atoms with Gasteiger partial charge in [-0.3, -0.25) is 9.80 Å². The Hall–Kier alpha value is -3.88. The summed E-state index contributed by atoms with van der Waals surface area (Å²) in [7, 11) is 0. The second-order valence-corrected chi connectivity index (χ2v) is 9.18. The topological polar surface area (TPSA) is 46.9 Å². The molecule has 0 spiro atoms. The number of benzene rings is 4. The Morgan fingerprint density at radius 2 is 0.868 bits per heavy atom. The molecule has 8 heteroatoms. The summed E-state index contributed by atoms with van der Waals surface area (Å²) in [6.07, 6.45) is 0. The summed E-state index contributed by atoms with van der Waals surface area (Å²) >= 11 is 0. The molecule has 0 fully saturated rings. The number of hydrogen-bond acceptors (Lipinski definition) is 4. The highest BCUT2D eigenvalue weighted by molar-refractivity contribution is 5.35. The van der Waals surface area contributed by atoms with E-state index in [2.05, 4.69) is 0 Å². The van der Waals surface area contributed by atoms with Crippen molar-refractivity contribution >= 4 is 0 Å². The van der Waals surface area contributed by atoms with Crippen molar-refractivity contribution in [2.24, 2.45) is 0 Å². The van der Waals surface area contributed by atoms with Crippen molar-refractivity contribution in [1.82, 2.24) is 9.80 Å². The number of aromatic hydroxyl groups is 2. The second-order valence-electron chi connectivity index (χ2n) is 9.18. The Morgan fingerprint density at radius 1 is 0.500 bits per heavy atom. The fraction of sp³-hybridized carbons (Fsp3) is 0.200. The average molecular weight is 525 g/mol. The molecule has 0 aliphatic carbocycles. The van der Waals surface area contributed by atoms with E-state index in [9.17, 15) is 27.8 Å². The van der Waals surface area contributed by atoms with Crippen molar-refractivity contribution in [3.05, 3.63) is 130 Å². The third-order valence-electron chi connectivity index (χ3n) is 6.23. The lowest BCUT2D eigenvalue weighted by Crippen LogP contribution is -2.34. The van der Waals surface area contributed by atoms with Gasteiger partial charge in [-0.05, 0) is 23.3 Å². The van der Waals surface area contributed by atoms with E-state index < -0.39 is 34.8 Å². The number of phenolic OH excluding ortho intramolecular Hbond substituents is 2. The molecule has 0 aliphatic rings. The van der Waals surface area contributed by atoms with Crippen molar-refractivity contribution in [3.8, 4) is 11.5 Å². The molecule has 0 radical (unpaired) electrons. The van der Waals surface area contributed by atoms with Crippen molar-refractivity contribution < 1.29 is 27.8 Å². The molecule has 0 amide bonds. The highest BCUT2D eigenvalue weighted by atomic mass is 19.1. The summed E-state index contributed by atoms with van der Waals surface area (Å²) in [5.74, 6) is -4.85. The summed E-state index contributed by atoms with van der Waals surface area (Å²) in [4.78, 5) is 3.85. The van der Waals surface area contributed by atoms with Crippen LogP contribution in [0.2, 0.25) is 0 Å². The first-order chi connectivity index (χ1) is 18.3. The van der Waals surface area contributed by atoms with Gasteiger partial charge in [0, 0.05) is 62.5 Å². The number of halogens is 4. The Bertz CT molecular complexity index is 1250. The van der Waals surface area contributed by atoms with Crippen LogP contribution in [0.15, 0.2) is 84.9 Å². The molecule has 0 aromatic heterocycles. The van der Waals surface area contributed by atoms with Crippen molar-refractivity contribution in [2.45, 2.75) is 26.2 Å². The van der Waals surface area contributed by atoms with Gasteiger partial charge in [-0.2, -0.15) is 0 Å². The fourth-order valence-corrected chi connectivity index (χ4v) is 4.36. The van der Waals surface area contributed by atoms with Gasteiger partial charge in [0.25, 0.3) is 0 Å². The summed E-state index contributed by atoms with van der Waals surface area (Å²) in [5, 5.41) is 20.4. The van der Waals surface area contributed by atoms with Crippen molar-refractivity contribution in [3.63, 3.8) is 0 Å². The molecule has 0 saturated carbocycles. The van der Waals surface area contributed by atoms with Gasteiger partial charge >= 0.3 is 0 Å². The standard InChI is InChI=1S/C30H28F4N2O2/c31-25-13-23(29(37)27(33)15-25)19-35(17-21-7-3-1-4-8-21)11-12-36(18-22-9-5-2-6-10-22)20-24-14-26(32)16-28(34)30(24)38/h1-10,13-16,37-38H,11-12,17-20H2. The maximum absolute atomic E-state index is 14.0. The third-order valence-corrected chi connectivity index (χ3v) is 6.23. The minimum Gasteiger partial charge on any atom is -0.505 e. The minimum atomic E-state index is -1.03. The molecule has 4 nitrogen and oxygen atoms in total. The SMILES string of the molecule is Oc1c(F)cc(F)cc1CN(CCN(Cc1ccccc1)Cc1cc(F)cc(F)c1O)Cc1ccccc1. The van der Waals surface area contributed by atoms with Crippen LogP contribution in [0, 0.1) is 23.3 Å². The maximum atomic E-state index is 14.0. The monoisotopic (exact) mass is 524 g/mol. The van der Waals surface area contributed by atoms with Gasteiger partial charge in [0.05, 0.1) is 0 Å². The van der Waals surface area contributed by atoms with Crippen LogP contribution in [0.4, 0.5) is 17.6 Å². The second kappa shape index (κ2) is 12.6. The molecule has 4 aromatic rings. The van der Waals surface area contributed by atoms with Crippen LogP contribution in [0.1, 0.15) is 22.3 Å². The average Bonchev–Trinajstić information content (AvgIpc) is 2.89. The van der Waals surface area contributed by atoms with E-state index in [-0.39, 0.29) is 24.2 Å². The van der Waals surface area contributed by atoms with E-state index in [1.807, 2.05) is 70.5 Å². The number of nitrogens with zero attached hydrogens (tertiary/aromatic N) is 2. The van der Waals surface area contributed by atoms with Crippen molar-refractivity contribution in [2.75, 3.05) is 13.1 Å². The maximum Gasteiger partial charge on any atom is 0.168 e. The van der Waals surface area contributed by atoms with E-state index in [0.29, 0.717) is 38.3 Å². The third kappa shape index (κ3) is 7.34. The molecule has 2 N–H and O–H groups in total. The molecule has 4 rings (SSSR count). The van der Waals surface area contributed by atoms with Crippen LogP contribution >= 0.6 is 0 Å². The minimum absolute atomic E-state index is 0.0639. The zero-order valence-corrected chi connectivity index (χ0v) is 20.6. The zero-order valence-electron chi connectivity index (χ0n) is 20.6. The Kier molecular flexibility index (Phi) is 8.99. The zero-order chi connectivity index (χ0) is 27.1. The first-order valence-corrected chi connectivity index (χ1v) is 12.1. The Balaban J connectivity index is 1.58. The van der Waals surface area contributed by atoms with E-state index >= 15 is 0 Å². The van der Waals surface area contributed by atoms with E-state index in [4.69, 9.17) is 0 Å². The lowest BCUT2D eigenvalue weighted by Gasteiger charge is -2.28. The summed E-state index contributed by atoms with van der Waals surface area (Å²) < 4.78 is 55.9. The molecule has 0 saturated heterocycles. The van der Waals surface area contributed by atoms with Crippen LogP contribution in [-0.4, -0.2) is 33.1 Å². The van der Waals surface area contributed by atoms with Crippen LogP contribution in [-0.2, 0) is 26.2 Å². The molecule has 0 bridgehead atoms. The number of rotatable bonds is 11. The van der Waals surface area contributed by atoms with Crippen LogP contribution < -0.4 is 0 Å². The number of hydrogen-bond donors (Lipinski definition) is 2. The van der Waals surface area contributed by atoms with Gasteiger partial charge in [0.1, 0.15) is 11.6 Å². The predicted octanol–water partition coefficient (Wildman–Crippen LogP) is 6.36. The van der Waals surface area contributed by atoms with Gasteiger partial charge < -0.3 is 10.2 Å². The highest BCUT2D eigenvalue weighted by Crippen LogP contribution is 2.26. The Labute approximate surface area is 219 Å². The molecule has 0 heterocycles. The first-order valence-electron chi connectivity index (χ1n) is 12.1. The van der Waals surface area contributed by atoms with Crippen LogP contribution in [0.25, 0.3) is 0 Å². The molecule has 38 heavy (non-hydrogen) atoms. The quantitative estimate of drug-likeness (QED) is 0.224. The van der Waals surface area contributed by atoms with Crippen LogP contribution in [0.5, 0.6) is 11.5 Å². The molecule has 0 atom stereocenters. The summed E-state index contributed by atoms with van der Waals surface area (Å²) in [6.45, 7) is 1.76. The largest absolute Gasteiger partial charge is 0.505 e. The van der Waals surface area contributed by atoms with E-state index in [1.54, 1.807) is 0 Å². The molecule has 198 valence electrons. The van der Waals surface area contributed by atoms with Gasteiger partial charge in [0.2, 0.25) is 0 Å². The number of phenols is 2. The highest BCUT2D eigenvalue weighted by Gasteiger charge is 2.18. The first kappa shape index (κ1) is 27.2. The van der Waals surface area contributed by atoms with Gasteiger partial charge in [-0.1, -0.05) is 60.7 Å². The van der Waals surface area contributed by atoms with E-state index in [0.717, 1.165) is 23.3 Å².